The van der Waals surface area contributed by atoms with Crippen molar-refractivity contribution in [1.29, 1.82) is 0 Å². The second-order valence-electron chi connectivity index (χ2n) is 6.62. The van der Waals surface area contributed by atoms with Crippen LogP contribution < -0.4 is 11.5 Å². The summed E-state index contributed by atoms with van der Waals surface area (Å²) in [7, 11) is 0. The number of carbonyl (C=O) groups is 1. The van der Waals surface area contributed by atoms with Crippen LogP contribution in [0.3, 0.4) is 0 Å². The third-order valence-corrected chi connectivity index (χ3v) is 3.42. The van der Waals surface area contributed by atoms with Gasteiger partial charge in [0.1, 0.15) is 5.60 Å². The van der Waals surface area contributed by atoms with Gasteiger partial charge in [-0.3, -0.25) is 0 Å². The van der Waals surface area contributed by atoms with Crippen molar-refractivity contribution in [3.63, 3.8) is 0 Å². The van der Waals surface area contributed by atoms with Crippen LogP contribution in [0.5, 0.6) is 0 Å². The largest absolute Gasteiger partial charge is 0.443 e. The monoisotopic (exact) mass is 324 g/mol. The van der Waals surface area contributed by atoms with Crippen LogP contribution >= 0.6 is 0 Å². The highest BCUT2D eigenvalue weighted by Crippen LogP contribution is 2.27. The van der Waals surface area contributed by atoms with E-state index in [9.17, 15) is 4.79 Å². The minimum atomic E-state index is -0.611. The molecule has 6 heteroatoms. The van der Waals surface area contributed by atoms with Gasteiger partial charge in [-0.25, -0.2) is 14.3 Å². The zero-order valence-corrected chi connectivity index (χ0v) is 13.9. The fraction of sp³-hybridized carbons (Fsp3) is 0.222. The summed E-state index contributed by atoms with van der Waals surface area (Å²) in [5.74, 6) is 0.491. The van der Waals surface area contributed by atoms with Gasteiger partial charge in [-0.1, -0.05) is 0 Å². The lowest BCUT2D eigenvalue weighted by Crippen LogP contribution is -2.27. The number of rotatable bonds is 1. The lowest BCUT2D eigenvalue weighted by molar-refractivity contribution is 0.0546. The minimum absolute atomic E-state index is 0.485. The highest BCUT2D eigenvalue weighted by atomic mass is 16.6. The van der Waals surface area contributed by atoms with Gasteiger partial charge in [-0.2, -0.15) is 0 Å². The number of hydrogen-bond donors (Lipinski definition) is 2. The van der Waals surface area contributed by atoms with E-state index in [-0.39, 0.29) is 0 Å². The molecule has 0 radical (unpaired) electrons. The molecule has 0 bridgehead atoms. The molecule has 2 aromatic carbocycles. The summed E-state index contributed by atoms with van der Waals surface area (Å²) in [6, 6.07) is 12.4. The fourth-order valence-electron chi connectivity index (χ4n) is 2.42. The van der Waals surface area contributed by atoms with Crippen molar-refractivity contribution < 1.29 is 9.53 Å². The molecule has 1 heterocycles. The molecule has 0 spiro atoms. The minimum Gasteiger partial charge on any atom is -0.443 e. The van der Waals surface area contributed by atoms with Gasteiger partial charge < -0.3 is 16.2 Å². The number of nitrogens with two attached hydrogens (primary N) is 2. The van der Waals surface area contributed by atoms with Crippen LogP contribution in [0.1, 0.15) is 20.8 Å². The SMILES string of the molecule is CC(C)(C)OC(=O)n1c(-c2ccc(N)cc2)nc2cc(N)ccc21. The van der Waals surface area contributed by atoms with Crippen molar-refractivity contribution in [2.75, 3.05) is 11.5 Å². The number of carbonyl (C=O) groups excluding carboxylic acids is 1. The van der Waals surface area contributed by atoms with E-state index in [1.165, 1.54) is 4.57 Å². The number of imidazole rings is 1. The molecule has 0 amide bonds. The summed E-state index contributed by atoms with van der Waals surface area (Å²) in [5, 5.41) is 0. The maximum absolute atomic E-state index is 12.7. The Bertz CT molecular complexity index is 905. The van der Waals surface area contributed by atoms with E-state index in [1.54, 1.807) is 30.3 Å². The predicted octanol–water partition coefficient (Wildman–Crippen LogP) is 3.65. The van der Waals surface area contributed by atoms with E-state index in [0.29, 0.717) is 28.2 Å². The maximum Gasteiger partial charge on any atom is 0.420 e. The summed E-state index contributed by atoms with van der Waals surface area (Å²) in [6.07, 6.45) is -0.485. The molecule has 6 nitrogen and oxygen atoms in total. The first kappa shape index (κ1) is 15.9. The number of aromatic nitrogens is 2. The molecule has 0 aliphatic heterocycles. The summed E-state index contributed by atoms with van der Waals surface area (Å²) >= 11 is 0. The van der Waals surface area contributed by atoms with Crippen molar-refractivity contribution in [3.8, 4) is 11.4 Å². The van der Waals surface area contributed by atoms with Gasteiger partial charge in [-0.15, -0.1) is 0 Å². The Morgan fingerprint density at radius 1 is 1.04 bits per heavy atom. The van der Waals surface area contributed by atoms with E-state index in [1.807, 2.05) is 32.9 Å². The van der Waals surface area contributed by atoms with E-state index in [2.05, 4.69) is 4.98 Å². The highest BCUT2D eigenvalue weighted by Gasteiger charge is 2.23. The number of hydrogen-bond acceptors (Lipinski definition) is 5. The first-order chi connectivity index (χ1) is 11.2. The Balaban J connectivity index is 2.21. The number of benzene rings is 2. The van der Waals surface area contributed by atoms with E-state index in [4.69, 9.17) is 16.2 Å². The van der Waals surface area contributed by atoms with Gasteiger partial charge in [-0.05, 0) is 63.2 Å². The quantitative estimate of drug-likeness (QED) is 0.666. The molecule has 1 aromatic heterocycles. The van der Waals surface area contributed by atoms with Gasteiger partial charge in [0, 0.05) is 16.9 Å². The Morgan fingerprint density at radius 2 is 1.67 bits per heavy atom. The number of nitrogen functional groups attached to an aromatic ring is 2. The first-order valence-electron chi connectivity index (χ1n) is 7.62. The summed E-state index contributed by atoms with van der Waals surface area (Å²) in [4.78, 5) is 17.3. The Labute approximate surface area is 140 Å². The number of ether oxygens (including phenoxy) is 1. The third-order valence-electron chi connectivity index (χ3n) is 3.42. The molecule has 0 atom stereocenters. The average Bonchev–Trinajstić information content (AvgIpc) is 2.84. The van der Waals surface area contributed by atoms with E-state index >= 15 is 0 Å². The molecule has 3 rings (SSSR count). The zero-order chi connectivity index (χ0) is 17.5. The van der Waals surface area contributed by atoms with Crippen LogP contribution in [0.25, 0.3) is 22.4 Å². The van der Waals surface area contributed by atoms with Crippen molar-refractivity contribution in [1.82, 2.24) is 9.55 Å². The summed E-state index contributed by atoms with van der Waals surface area (Å²) < 4.78 is 7.00. The van der Waals surface area contributed by atoms with Crippen LogP contribution in [0.15, 0.2) is 42.5 Å². The second kappa shape index (κ2) is 5.56. The van der Waals surface area contributed by atoms with E-state index in [0.717, 1.165) is 5.56 Å². The van der Waals surface area contributed by atoms with E-state index < -0.39 is 11.7 Å². The first-order valence-corrected chi connectivity index (χ1v) is 7.62. The van der Waals surface area contributed by atoms with Crippen LogP contribution in [-0.2, 0) is 4.74 Å². The lowest BCUT2D eigenvalue weighted by Gasteiger charge is -2.20. The van der Waals surface area contributed by atoms with Crippen LogP contribution in [-0.4, -0.2) is 21.2 Å². The molecule has 0 aliphatic carbocycles. The number of anilines is 2. The van der Waals surface area contributed by atoms with Gasteiger partial charge >= 0.3 is 6.09 Å². The maximum atomic E-state index is 12.7. The third kappa shape index (κ3) is 3.03. The van der Waals surface area contributed by atoms with Gasteiger partial charge in [0.05, 0.1) is 11.0 Å². The van der Waals surface area contributed by atoms with Crippen molar-refractivity contribution >= 4 is 28.5 Å². The summed E-state index contributed by atoms with van der Waals surface area (Å²) in [5.41, 5.74) is 14.2. The average molecular weight is 324 g/mol. The van der Waals surface area contributed by atoms with Crippen LogP contribution in [0, 0.1) is 0 Å². The molecule has 3 aromatic rings. The molecule has 0 aliphatic rings. The molecular weight excluding hydrogens is 304 g/mol. The standard InChI is InChI=1S/C18H20N4O2/c1-18(2,3)24-17(23)22-15-9-8-13(20)10-14(15)21-16(22)11-4-6-12(19)7-5-11/h4-10H,19-20H2,1-3H3. The Hall–Kier alpha value is -3.02. The van der Waals surface area contributed by atoms with Gasteiger partial charge in [0.2, 0.25) is 0 Å². The van der Waals surface area contributed by atoms with Crippen molar-refractivity contribution in [2.24, 2.45) is 0 Å². The lowest BCUT2D eigenvalue weighted by atomic mass is 10.2. The predicted molar refractivity (Wildman–Crippen MR) is 95.6 cm³/mol. The molecular formula is C18H20N4O2. The molecule has 0 fully saturated rings. The zero-order valence-electron chi connectivity index (χ0n) is 13.9. The fourth-order valence-corrected chi connectivity index (χ4v) is 2.42. The molecule has 0 saturated carbocycles. The van der Waals surface area contributed by atoms with Gasteiger partial charge in [0.25, 0.3) is 0 Å². The molecule has 24 heavy (non-hydrogen) atoms. The Kier molecular flexibility index (Phi) is 3.67. The van der Waals surface area contributed by atoms with Crippen LogP contribution in [0.2, 0.25) is 0 Å². The topological polar surface area (TPSA) is 96.2 Å². The van der Waals surface area contributed by atoms with Crippen LogP contribution in [0.4, 0.5) is 16.2 Å². The molecule has 4 N–H and O–H groups in total. The van der Waals surface area contributed by atoms with Crippen molar-refractivity contribution in [3.05, 3.63) is 42.5 Å². The number of nitrogens with zero attached hydrogens (tertiary/aromatic N) is 2. The summed E-state index contributed by atoms with van der Waals surface area (Å²) in [6.45, 7) is 5.47. The molecule has 124 valence electrons. The second-order valence-corrected chi connectivity index (χ2v) is 6.62. The molecule has 0 saturated heterocycles. The Morgan fingerprint density at radius 3 is 2.29 bits per heavy atom. The highest BCUT2D eigenvalue weighted by molar-refractivity contribution is 5.93. The molecule has 0 unspecified atom stereocenters. The van der Waals surface area contributed by atoms with Crippen molar-refractivity contribution in [2.45, 2.75) is 26.4 Å². The smallest absolute Gasteiger partial charge is 0.420 e. The normalized spacial score (nSPS) is 11.6. The van der Waals surface area contributed by atoms with Gasteiger partial charge in [0.15, 0.2) is 5.82 Å². The number of fused-ring (bicyclic) bond motifs is 1.